The van der Waals surface area contributed by atoms with E-state index in [2.05, 4.69) is 25.6 Å². The summed E-state index contributed by atoms with van der Waals surface area (Å²) in [6, 6.07) is 2.45. The number of amides is 1. The van der Waals surface area contributed by atoms with Crippen molar-refractivity contribution in [1.82, 2.24) is 25.2 Å². The zero-order chi connectivity index (χ0) is 24.0. The Morgan fingerprint density at radius 2 is 2.03 bits per heavy atom. The molecular weight excluding hydrogens is 452 g/mol. The zero-order valence-electron chi connectivity index (χ0n) is 18.2. The maximum absolute atomic E-state index is 14.5. The largest absolute Gasteiger partial charge is 0.434 e. The standard InChI is InChI=1S/C23H22F4N6O/c1-12-5-14(20(31-8-12)21-15(24)3-2-4-28-21)22(34)33-11-13-6-16(17(33)7-13)32-19-10-29-18(9-30-19)23(25,26)27/h2-5,9-10,13,16-17,31H,6-8,11H2,1H3,(H,30,32). The van der Waals surface area contributed by atoms with Gasteiger partial charge in [0.2, 0.25) is 0 Å². The zero-order valence-corrected chi connectivity index (χ0v) is 18.2. The van der Waals surface area contributed by atoms with Crippen molar-refractivity contribution in [3.05, 3.63) is 65.2 Å². The molecule has 2 aliphatic heterocycles. The van der Waals surface area contributed by atoms with Crippen LogP contribution >= 0.6 is 0 Å². The molecule has 178 valence electrons. The number of likely N-dealkylation sites (tertiary alicyclic amines) is 1. The molecule has 5 rings (SSSR count). The summed E-state index contributed by atoms with van der Waals surface area (Å²) >= 11 is 0. The molecule has 1 aliphatic carbocycles. The number of fused-ring (bicyclic) bond motifs is 2. The van der Waals surface area contributed by atoms with Gasteiger partial charge in [-0.05, 0) is 43.9 Å². The van der Waals surface area contributed by atoms with Gasteiger partial charge in [-0.1, -0.05) is 5.57 Å². The number of alkyl halides is 3. The fourth-order valence-electron chi connectivity index (χ4n) is 4.95. The molecule has 3 atom stereocenters. The Morgan fingerprint density at radius 3 is 2.71 bits per heavy atom. The van der Waals surface area contributed by atoms with E-state index >= 15 is 0 Å². The highest BCUT2D eigenvalue weighted by atomic mass is 19.4. The number of hydrogen-bond acceptors (Lipinski definition) is 6. The third kappa shape index (κ3) is 4.10. The molecule has 2 aromatic heterocycles. The first-order chi connectivity index (χ1) is 16.2. The van der Waals surface area contributed by atoms with E-state index in [4.69, 9.17) is 0 Å². The van der Waals surface area contributed by atoms with E-state index in [-0.39, 0.29) is 35.4 Å². The van der Waals surface area contributed by atoms with Crippen LogP contribution in [0.4, 0.5) is 23.4 Å². The van der Waals surface area contributed by atoms with Crippen LogP contribution in [0.25, 0.3) is 5.70 Å². The van der Waals surface area contributed by atoms with E-state index in [1.54, 1.807) is 11.0 Å². The van der Waals surface area contributed by atoms with Gasteiger partial charge >= 0.3 is 6.18 Å². The molecule has 34 heavy (non-hydrogen) atoms. The van der Waals surface area contributed by atoms with Crippen LogP contribution in [0, 0.1) is 11.7 Å². The van der Waals surface area contributed by atoms with Crippen LogP contribution in [0.5, 0.6) is 0 Å². The molecule has 1 saturated carbocycles. The van der Waals surface area contributed by atoms with E-state index in [1.165, 1.54) is 18.3 Å². The second-order valence-corrected chi connectivity index (χ2v) is 8.86. The van der Waals surface area contributed by atoms with Gasteiger partial charge in [0, 0.05) is 25.3 Å². The molecular formula is C23H22F4N6O. The van der Waals surface area contributed by atoms with E-state index in [0.717, 1.165) is 24.6 Å². The van der Waals surface area contributed by atoms with Crippen molar-refractivity contribution >= 4 is 17.4 Å². The number of dihydropyridines is 1. The number of rotatable bonds is 4. The lowest BCUT2D eigenvalue weighted by molar-refractivity contribution is -0.141. The Kier molecular flexibility index (Phi) is 5.49. The van der Waals surface area contributed by atoms with Gasteiger partial charge in [-0.3, -0.25) is 9.78 Å². The summed E-state index contributed by atoms with van der Waals surface area (Å²) in [6.45, 7) is 2.93. The van der Waals surface area contributed by atoms with Gasteiger partial charge in [-0.15, -0.1) is 0 Å². The van der Waals surface area contributed by atoms with Crippen molar-refractivity contribution in [3.8, 4) is 0 Å². The topological polar surface area (TPSA) is 83.0 Å². The Morgan fingerprint density at radius 1 is 1.21 bits per heavy atom. The van der Waals surface area contributed by atoms with Gasteiger partial charge in [0.1, 0.15) is 11.5 Å². The van der Waals surface area contributed by atoms with Crippen molar-refractivity contribution < 1.29 is 22.4 Å². The van der Waals surface area contributed by atoms with Crippen molar-refractivity contribution in [2.75, 3.05) is 18.4 Å². The van der Waals surface area contributed by atoms with Crippen molar-refractivity contribution in [1.29, 1.82) is 0 Å². The molecule has 2 fully saturated rings. The fraction of sp³-hybridized carbons (Fsp3) is 0.391. The molecule has 3 unspecified atom stereocenters. The van der Waals surface area contributed by atoms with Crippen molar-refractivity contribution in [3.63, 3.8) is 0 Å². The molecule has 2 bridgehead atoms. The molecule has 11 heteroatoms. The minimum Gasteiger partial charge on any atom is -0.379 e. The van der Waals surface area contributed by atoms with Crippen LogP contribution in [0.2, 0.25) is 0 Å². The van der Waals surface area contributed by atoms with Crippen LogP contribution in [-0.2, 0) is 11.0 Å². The minimum absolute atomic E-state index is 0.0914. The number of piperidine rings is 1. The van der Waals surface area contributed by atoms with Gasteiger partial charge < -0.3 is 15.5 Å². The number of carbonyl (C=O) groups excluding carboxylic acids is 1. The van der Waals surface area contributed by atoms with Gasteiger partial charge in [0.15, 0.2) is 11.5 Å². The molecule has 0 aromatic carbocycles. The Hall–Kier alpha value is -3.50. The van der Waals surface area contributed by atoms with Gasteiger partial charge in [0.25, 0.3) is 5.91 Å². The van der Waals surface area contributed by atoms with Gasteiger partial charge in [-0.25, -0.2) is 14.4 Å². The van der Waals surface area contributed by atoms with Crippen LogP contribution < -0.4 is 10.6 Å². The van der Waals surface area contributed by atoms with E-state index in [0.29, 0.717) is 30.6 Å². The Labute approximate surface area is 193 Å². The second kappa shape index (κ2) is 8.37. The van der Waals surface area contributed by atoms with E-state index in [1.807, 2.05) is 6.92 Å². The summed E-state index contributed by atoms with van der Waals surface area (Å²) in [4.78, 5) is 26.8. The lowest BCUT2D eigenvalue weighted by Gasteiger charge is -2.35. The average molecular weight is 474 g/mol. The first-order valence-electron chi connectivity index (χ1n) is 10.9. The van der Waals surface area contributed by atoms with E-state index in [9.17, 15) is 22.4 Å². The van der Waals surface area contributed by atoms with Crippen LogP contribution in [0.1, 0.15) is 31.2 Å². The molecule has 0 radical (unpaired) electrons. The summed E-state index contributed by atoms with van der Waals surface area (Å²) in [5.74, 6) is -0.273. The summed E-state index contributed by atoms with van der Waals surface area (Å²) in [7, 11) is 0. The number of aromatic nitrogens is 3. The first-order valence-corrected chi connectivity index (χ1v) is 10.9. The van der Waals surface area contributed by atoms with E-state index < -0.39 is 17.7 Å². The summed E-state index contributed by atoms with van der Waals surface area (Å²) in [5, 5.41) is 6.27. The fourth-order valence-corrected chi connectivity index (χ4v) is 4.95. The predicted octanol–water partition coefficient (Wildman–Crippen LogP) is 3.39. The molecule has 2 N–H and O–H groups in total. The van der Waals surface area contributed by atoms with Crippen molar-refractivity contribution in [2.24, 2.45) is 5.92 Å². The summed E-state index contributed by atoms with van der Waals surface area (Å²) in [5.41, 5.74) is 0.670. The molecule has 4 heterocycles. The highest BCUT2D eigenvalue weighted by Crippen LogP contribution is 2.40. The number of nitrogens with zero attached hydrogens (tertiary/aromatic N) is 4. The number of carbonyl (C=O) groups is 1. The minimum atomic E-state index is -4.56. The van der Waals surface area contributed by atoms with Gasteiger partial charge in [0.05, 0.1) is 29.7 Å². The molecule has 2 aromatic rings. The molecule has 0 spiro atoms. The predicted molar refractivity (Wildman–Crippen MR) is 116 cm³/mol. The van der Waals surface area contributed by atoms with Gasteiger partial charge in [-0.2, -0.15) is 13.2 Å². The highest BCUT2D eigenvalue weighted by molar-refractivity contribution is 6.04. The monoisotopic (exact) mass is 474 g/mol. The van der Waals surface area contributed by atoms with Crippen LogP contribution in [-0.4, -0.2) is 50.9 Å². The number of anilines is 1. The molecule has 7 nitrogen and oxygen atoms in total. The first kappa shape index (κ1) is 22.3. The smallest absolute Gasteiger partial charge is 0.379 e. The number of nitrogens with one attached hydrogen (secondary N) is 2. The quantitative estimate of drug-likeness (QED) is 0.662. The Bertz CT molecular complexity index is 1180. The molecule has 1 saturated heterocycles. The number of halogens is 4. The Balaban J connectivity index is 1.39. The van der Waals surface area contributed by atoms with Crippen molar-refractivity contribution in [2.45, 2.75) is 38.0 Å². The summed E-state index contributed by atoms with van der Waals surface area (Å²) in [6.07, 6.45) is 1.97. The SMILES string of the molecule is CC1=CC(C(=O)N2CC3CC(Nc4cnc(C(F)(F)F)cn4)C2C3)=C(c2ncccc2F)NC1. The molecule has 1 amide bonds. The normalized spacial score (nSPS) is 24.2. The summed E-state index contributed by atoms with van der Waals surface area (Å²) < 4.78 is 52.8. The molecule has 3 aliphatic rings. The number of hydrogen-bond donors (Lipinski definition) is 2. The average Bonchev–Trinajstić information content (AvgIpc) is 3.40. The maximum Gasteiger partial charge on any atom is 0.434 e. The third-order valence-corrected chi connectivity index (χ3v) is 6.45. The third-order valence-electron chi connectivity index (χ3n) is 6.45. The van der Waals surface area contributed by atoms with Crippen LogP contribution in [0.3, 0.4) is 0 Å². The maximum atomic E-state index is 14.5. The number of pyridine rings is 1. The van der Waals surface area contributed by atoms with Crippen LogP contribution in [0.15, 0.2) is 47.9 Å². The highest BCUT2D eigenvalue weighted by Gasteiger charge is 2.48. The lowest BCUT2D eigenvalue weighted by atomic mass is 9.99. The second-order valence-electron chi connectivity index (χ2n) is 8.86. The lowest BCUT2D eigenvalue weighted by Crippen LogP contribution is -2.48.